The highest BCUT2D eigenvalue weighted by atomic mass is 79.9. The van der Waals surface area contributed by atoms with Crippen LogP contribution in [0.25, 0.3) is 0 Å². The fourth-order valence-corrected chi connectivity index (χ4v) is 3.68. The third-order valence-corrected chi connectivity index (χ3v) is 4.76. The van der Waals surface area contributed by atoms with Crippen LogP contribution < -0.4 is 10.6 Å². The predicted molar refractivity (Wildman–Crippen MR) is 65.6 cm³/mol. The molecule has 0 radical (unpaired) electrons. The number of rotatable bonds is 2. The molecule has 16 heavy (non-hydrogen) atoms. The first-order valence-electron chi connectivity index (χ1n) is 5.40. The molecule has 2 bridgehead atoms. The van der Waals surface area contributed by atoms with E-state index in [2.05, 4.69) is 31.5 Å². The van der Waals surface area contributed by atoms with Crippen LogP contribution in [0, 0.1) is 0 Å². The van der Waals surface area contributed by atoms with Gasteiger partial charge in [0.25, 0.3) is 5.91 Å². The Morgan fingerprint density at radius 2 is 2.50 bits per heavy atom. The van der Waals surface area contributed by atoms with Crippen molar-refractivity contribution in [3.63, 3.8) is 0 Å². The van der Waals surface area contributed by atoms with Crippen molar-refractivity contribution in [2.24, 2.45) is 0 Å². The van der Waals surface area contributed by atoms with Gasteiger partial charge in [0.2, 0.25) is 0 Å². The molecule has 0 unspecified atom stereocenters. The smallest absolute Gasteiger partial charge is 0.280 e. The number of nitrogens with one attached hydrogen (secondary N) is 2. The van der Waals surface area contributed by atoms with E-state index in [1.165, 1.54) is 24.2 Å². The van der Waals surface area contributed by atoms with Gasteiger partial charge in [-0.05, 0) is 35.2 Å². The molecule has 3 rings (SSSR count). The highest BCUT2D eigenvalue weighted by Crippen LogP contribution is 2.28. The van der Waals surface area contributed by atoms with Crippen LogP contribution in [0.15, 0.2) is 9.98 Å². The van der Waals surface area contributed by atoms with E-state index in [1.807, 2.05) is 0 Å². The van der Waals surface area contributed by atoms with Crippen LogP contribution in [0.2, 0.25) is 0 Å². The van der Waals surface area contributed by atoms with Gasteiger partial charge in [0, 0.05) is 18.1 Å². The molecular formula is C10H12BrN3OS. The fraction of sp³-hybridized carbons (Fsp3) is 0.600. The maximum absolute atomic E-state index is 11.9. The fourth-order valence-electron chi connectivity index (χ4n) is 2.57. The van der Waals surface area contributed by atoms with E-state index < -0.39 is 0 Å². The summed E-state index contributed by atoms with van der Waals surface area (Å²) >= 11 is 4.68. The van der Waals surface area contributed by atoms with Gasteiger partial charge in [-0.2, -0.15) is 0 Å². The monoisotopic (exact) mass is 301 g/mol. The average molecular weight is 302 g/mol. The Morgan fingerprint density at radius 1 is 1.62 bits per heavy atom. The molecule has 3 atom stereocenters. The van der Waals surface area contributed by atoms with Gasteiger partial charge in [0.1, 0.15) is 0 Å². The second-order valence-electron chi connectivity index (χ2n) is 4.33. The molecular weight excluding hydrogens is 290 g/mol. The number of hydrogen-bond acceptors (Lipinski definition) is 4. The summed E-state index contributed by atoms with van der Waals surface area (Å²) < 4.78 is 0.892. The number of carbonyl (C=O) groups excluding carboxylic acids is 1. The van der Waals surface area contributed by atoms with Crippen LogP contribution in [-0.2, 0) is 0 Å². The molecule has 0 saturated carbocycles. The maximum atomic E-state index is 11.9. The summed E-state index contributed by atoms with van der Waals surface area (Å²) in [6, 6.07) is 1.37. The van der Waals surface area contributed by atoms with Crippen molar-refractivity contribution in [3.05, 3.63) is 15.0 Å². The van der Waals surface area contributed by atoms with Crippen molar-refractivity contribution in [2.45, 2.75) is 37.4 Å². The van der Waals surface area contributed by atoms with E-state index in [0.717, 1.165) is 10.2 Å². The molecule has 86 valence electrons. The summed E-state index contributed by atoms with van der Waals surface area (Å²) in [5.41, 5.74) is 0. The number of hydrogen-bond donors (Lipinski definition) is 2. The molecule has 6 heteroatoms. The third kappa shape index (κ3) is 1.89. The van der Waals surface area contributed by atoms with Gasteiger partial charge in [-0.3, -0.25) is 4.79 Å². The van der Waals surface area contributed by atoms with Gasteiger partial charge in [0.15, 0.2) is 5.01 Å². The lowest BCUT2D eigenvalue weighted by molar-refractivity contribution is 0.0930. The topological polar surface area (TPSA) is 54.0 Å². The minimum Gasteiger partial charge on any atom is -0.346 e. The lowest BCUT2D eigenvalue weighted by atomic mass is 9.95. The van der Waals surface area contributed by atoms with Crippen molar-refractivity contribution >= 4 is 33.2 Å². The maximum Gasteiger partial charge on any atom is 0.280 e. The summed E-state index contributed by atoms with van der Waals surface area (Å²) in [5, 5.41) is 7.10. The number of fused-ring (bicyclic) bond motifs is 2. The SMILES string of the molecule is O=C(N[C@@H]1C[C@H]2CC[C@@H]1N2)c1ncc(Br)s1. The Bertz CT molecular complexity index is 422. The van der Waals surface area contributed by atoms with E-state index in [4.69, 9.17) is 0 Å². The molecule has 2 aliphatic rings. The molecule has 2 N–H and O–H groups in total. The van der Waals surface area contributed by atoms with Crippen molar-refractivity contribution in [3.8, 4) is 0 Å². The second-order valence-corrected chi connectivity index (χ2v) is 6.74. The highest BCUT2D eigenvalue weighted by Gasteiger charge is 2.39. The number of carbonyl (C=O) groups is 1. The van der Waals surface area contributed by atoms with Gasteiger partial charge in [0.05, 0.1) is 9.98 Å². The standard InChI is InChI=1S/C10H12BrN3OS/c11-8-4-12-10(16-8)9(15)14-7-3-5-1-2-6(7)13-5/h4-7,13H,1-3H2,(H,14,15)/t5-,6+,7-/m1/s1. The van der Waals surface area contributed by atoms with Crippen molar-refractivity contribution < 1.29 is 4.79 Å². The summed E-state index contributed by atoms with van der Waals surface area (Å²) in [6.07, 6.45) is 5.15. The zero-order valence-electron chi connectivity index (χ0n) is 8.57. The van der Waals surface area contributed by atoms with E-state index in [-0.39, 0.29) is 11.9 Å². The first-order chi connectivity index (χ1) is 7.72. The second kappa shape index (κ2) is 4.09. The van der Waals surface area contributed by atoms with Crippen LogP contribution in [0.5, 0.6) is 0 Å². The number of amides is 1. The van der Waals surface area contributed by atoms with Gasteiger partial charge < -0.3 is 10.6 Å². The number of halogens is 1. The first-order valence-corrected chi connectivity index (χ1v) is 7.01. The largest absolute Gasteiger partial charge is 0.346 e. The van der Waals surface area contributed by atoms with Gasteiger partial charge in [-0.1, -0.05) is 0 Å². The van der Waals surface area contributed by atoms with Crippen molar-refractivity contribution in [1.29, 1.82) is 0 Å². The average Bonchev–Trinajstić information content (AvgIpc) is 2.92. The van der Waals surface area contributed by atoms with Crippen molar-refractivity contribution in [2.75, 3.05) is 0 Å². The molecule has 0 aliphatic carbocycles. The van der Waals surface area contributed by atoms with E-state index in [0.29, 0.717) is 17.1 Å². The molecule has 0 aromatic carbocycles. The lowest BCUT2D eigenvalue weighted by Gasteiger charge is -2.20. The molecule has 0 spiro atoms. The molecule has 2 fully saturated rings. The number of nitrogens with zero attached hydrogens (tertiary/aromatic N) is 1. The highest BCUT2D eigenvalue weighted by molar-refractivity contribution is 9.11. The van der Waals surface area contributed by atoms with Crippen LogP contribution in [0.3, 0.4) is 0 Å². The normalized spacial score (nSPS) is 31.9. The predicted octanol–water partition coefficient (Wildman–Crippen LogP) is 1.53. The van der Waals surface area contributed by atoms with Gasteiger partial charge in [-0.25, -0.2) is 4.98 Å². The number of aromatic nitrogens is 1. The minimum atomic E-state index is -0.0462. The molecule has 1 amide bonds. The van der Waals surface area contributed by atoms with Crippen LogP contribution >= 0.6 is 27.3 Å². The Balaban J connectivity index is 1.65. The van der Waals surface area contributed by atoms with E-state index >= 15 is 0 Å². The molecule has 2 aliphatic heterocycles. The van der Waals surface area contributed by atoms with Gasteiger partial charge in [-0.15, -0.1) is 11.3 Å². The summed E-state index contributed by atoms with van der Waals surface area (Å²) in [5.74, 6) is -0.0462. The summed E-state index contributed by atoms with van der Waals surface area (Å²) in [6.45, 7) is 0. The third-order valence-electron chi connectivity index (χ3n) is 3.29. The lowest BCUT2D eigenvalue weighted by Crippen LogP contribution is -2.42. The Morgan fingerprint density at radius 3 is 3.06 bits per heavy atom. The zero-order valence-corrected chi connectivity index (χ0v) is 11.0. The Hall–Kier alpha value is -0.460. The molecule has 4 nitrogen and oxygen atoms in total. The summed E-state index contributed by atoms with van der Waals surface area (Å²) in [4.78, 5) is 15.9. The van der Waals surface area contributed by atoms with Crippen LogP contribution in [0.1, 0.15) is 29.1 Å². The Kier molecular flexibility index (Phi) is 2.73. The number of thiazole rings is 1. The van der Waals surface area contributed by atoms with E-state index in [9.17, 15) is 4.79 Å². The summed E-state index contributed by atoms with van der Waals surface area (Å²) in [7, 11) is 0. The zero-order chi connectivity index (χ0) is 11.1. The van der Waals surface area contributed by atoms with Crippen LogP contribution in [-0.4, -0.2) is 29.0 Å². The quantitative estimate of drug-likeness (QED) is 0.871. The first kappa shape index (κ1) is 10.7. The molecule has 1 aromatic rings. The van der Waals surface area contributed by atoms with Crippen molar-refractivity contribution in [1.82, 2.24) is 15.6 Å². The molecule has 2 saturated heterocycles. The van der Waals surface area contributed by atoms with E-state index in [1.54, 1.807) is 6.20 Å². The molecule has 1 aromatic heterocycles. The minimum absolute atomic E-state index is 0.0462. The van der Waals surface area contributed by atoms with Gasteiger partial charge >= 0.3 is 0 Å². The van der Waals surface area contributed by atoms with Crippen LogP contribution in [0.4, 0.5) is 0 Å². The Labute approximate surface area is 106 Å². The molecule has 3 heterocycles.